The van der Waals surface area contributed by atoms with Crippen molar-refractivity contribution in [1.29, 1.82) is 0 Å². The topological polar surface area (TPSA) is 71.2 Å². The maximum absolute atomic E-state index is 13.0. The number of piperidine rings is 1. The van der Waals surface area contributed by atoms with Crippen LogP contribution in [0.15, 0.2) is 42.9 Å². The number of pyridine rings is 1. The SMILES string of the molecule is Cn1cnc2cc(C(=O)N3CCC4(CC3)c3ccccc3C[C@H]4O)cnc21. The lowest BCUT2D eigenvalue weighted by Crippen LogP contribution is -2.49. The summed E-state index contributed by atoms with van der Waals surface area (Å²) in [4.78, 5) is 23.5. The van der Waals surface area contributed by atoms with Crippen LogP contribution in [0.5, 0.6) is 0 Å². The number of aliphatic hydroxyl groups excluding tert-OH is 1. The van der Waals surface area contributed by atoms with Gasteiger partial charge in [0.2, 0.25) is 0 Å². The molecule has 1 saturated heterocycles. The third-order valence-electron chi connectivity index (χ3n) is 6.35. The molecule has 5 rings (SSSR count). The molecule has 1 N–H and O–H groups in total. The van der Waals surface area contributed by atoms with Crippen LogP contribution in [0.25, 0.3) is 11.2 Å². The molecule has 1 aliphatic heterocycles. The summed E-state index contributed by atoms with van der Waals surface area (Å²) in [5.74, 6) is -0.00863. The molecule has 2 aromatic heterocycles. The first kappa shape index (κ1) is 16.4. The number of aliphatic hydroxyl groups is 1. The molecule has 0 unspecified atom stereocenters. The van der Waals surface area contributed by atoms with E-state index in [9.17, 15) is 9.90 Å². The Morgan fingerprint density at radius 3 is 2.81 bits per heavy atom. The van der Waals surface area contributed by atoms with Crippen LogP contribution in [0.2, 0.25) is 0 Å². The molecule has 1 aromatic carbocycles. The van der Waals surface area contributed by atoms with E-state index in [2.05, 4.69) is 22.1 Å². The van der Waals surface area contributed by atoms with E-state index in [4.69, 9.17) is 0 Å². The van der Waals surface area contributed by atoms with Gasteiger partial charge in [-0.3, -0.25) is 4.79 Å². The summed E-state index contributed by atoms with van der Waals surface area (Å²) >= 11 is 0. The van der Waals surface area contributed by atoms with Crippen molar-refractivity contribution in [3.63, 3.8) is 0 Å². The number of aryl methyl sites for hydroxylation is 1. The quantitative estimate of drug-likeness (QED) is 0.719. The van der Waals surface area contributed by atoms with Crippen LogP contribution in [0.3, 0.4) is 0 Å². The molecule has 0 saturated carbocycles. The fraction of sp³-hybridized carbons (Fsp3) is 0.381. The Morgan fingerprint density at radius 2 is 2.00 bits per heavy atom. The van der Waals surface area contributed by atoms with Crippen LogP contribution in [0.4, 0.5) is 0 Å². The molecule has 3 heterocycles. The fourth-order valence-electron chi connectivity index (χ4n) is 4.79. The van der Waals surface area contributed by atoms with Crippen molar-refractivity contribution < 1.29 is 9.90 Å². The maximum atomic E-state index is 13.0. The van der Waals surface area contributed by atoms with Crippen LogP contribution in [-0.2, 0) is 18.9 Å². The molecular weight excluding hydrogens is 340 g/mol. The highest BCUT2D eigenvalue weighted by molar-refractivity contribution is 5.96. The number of carbonyl (C=O) groups excluding carboxylic acids is 1. The fourth-order valence-corrected chi connectivity index (χ4v) is 4.79. The van der Waals surface area contributed by atoms with Crippen LogP contribution < -0.4 is 0 Å². The molecule has 1 atom stereocenters. The molecule has 6 heteroatoms. The number of benzene rings is 1. The molecule has 27 heavy (non-hydrogen) atoms. The minimum Gasteiger partial charge on any atom is -0.392 e. The van der Waals surface area contributed by atoms with Gasteiger partial charge in [0.15, 0.2) is 5.65 Å². The number of carbonyl (C=O) groups is 1. The second kappa shape index (κ2) is 5.89. The number of nitrogens with zero attached hydrogens (tertiary/aromatic N) is 4. The van der Waals surface area contributed by atoms with E-state index in [-0.39, 0.29) is 17.4 Å². The number of rotatable bonds is 1. The van der Waals surface area contributed by atoms with E-state index >= 15 is 0 Å². The van der Waals surface area contributed by atoms with Crippen LogP contribution >= 0.6 is 0 Å². The first-order valence-corrected chi connectivity index (χ1v) is 9.41. The predicted octanol–water partition coefficient (Wildman–Crippen LogP) is 2.06. The summed E-state index contributed by atoms with van der Waals surface area (Å²) in [6.45, 7) is 1.29. The van der Waals surface area contributed by atoms with Crippen molar-refractivity contribution in [3.05, 3.63) is 59.5 Å². The van der Waals surface area contributed by atoms with E-state index in [0.29, 0.717) is 25.1 Å². The van der Waals surface area contributed by atoms with E-state index in [1.54, 1.807) is 12.5 Å². The van der Waals surface area contributed by atoms with Gasteiger partial charge in [0, 0.05) is 31.7 Å². The lowest BCUT2D eigenvalue weighted by molar-refractivity contribution is 0.0365. The van der Waals surface area contributed by atoms with Crippen molar-refractivity contribution in [2.24, 2.45) is 7.05 Å². The first-order valence-electron chi connectivity index (χ1n) is 9.41. The highest BCUT2D eigenvalue weighted by Crippen LogP contribution is 2.46. The number of imidazole rings is 1. The van der Waals surface area contributed by atoms with Crippen molar-refractivity contribution in [3.8, 4) is 0 Å². The number of hydrogen-bond donors (Lipinski definition) is 1. The lowest BCUT2D eigenvalue weighted by Gasteiger charge is -2.42. The Labute approximate surface area is 157 Å². The van der Waals surface area contributed by atoms with E-state index in [0.717, 1.165) is 24.0 Å². The third-order valence-corrected chi connectivity index (χ3v) is 6.35. The monoisotopic (exact) mass is 362 g/mol. The molecule has 6 nitrogen and oxygen atoms in total. The highest BCUT2D eigenvalue weighted by Gasteiger charge is 2.48. The first-order chi connectivity index (χ1) is 13.1. The molecule has 1 fully saturated rings. The van der Waals surface area contributed by atoms with Gasteiger partial charge in [0.25, 0.3) is 5.91 Å². The van der Waals surface area contributed by atoms with Crippen molar-refractivity contribution in [1.82, 2.24) is 19.4 Å². The third kappa shape index (κ3) is 2.40. The van der Waals surface area contributed by atoms with Crippen molar-refractivity contribution in [2.75, 3.05) is 13.1 Å². The average Bonchev–Trinajstić information content (AvgIpc) is 3.20. The molecule has 138 valence electrons. The zero-order valence-electron chi connectivity index (χ0n) is 15.3. The summed E-state index contributed by atoms with van der Waals surface area (Å²) < 4.78 is 1.84. The average molecular weight is 362 g/mol. The van der Waals surface area contributed by atoms with Gasteiger partial charge in [-0.1, -0.05) is 24.3 Å². The van der Waals surface area contributed by atoms with E-state index in [1.807, 2.05) is 34.7 Å². The Kier molecular flexibility index (Phi) is 3.59. The minimum absolute atomic E-state index is 0.00863. The molecule has 2 aliphatic rings. The van der Waals surface area contributed by atoms with Gasteiger partial charge in [0.1, 0.15) is 5.52 Å². The lowest BCUT2D eigenvalue weighted by atomic mass is 9.72. The minimum atomic E-state index is -0.362. The molecule has 0 radical (unpaired) electrons. The van der Waals surface area contributed by atoms with Crippen LogP contribution in [0, 0.1) is 0 Å². The Bertz CT molecular complexity index is 1030. The molecular formula is C21H22N4O2. The second-order valence-corrected chi connectivity index (χ2v) is 7.75. The van der Waals surface area contributed by atoms with Gasteiger partial charge in [0.05, 0.1) is 18.0 Å². The van der Waals surface area contributed by atoms with Crippen LogP contribution in [-0.4, -0.2) is 49.6 Å². The summed E-state index contributed by atoms with van der Waals surface area (Å²) in [6.07, 6.45) is 5.27. The number of aromatic nitrogens is 3. The summed E-state index contributed by atoms with van der Waals surface area (Å²) in [5.41, 5.74) is 4.38. The highest BCUT2D eigenvalue weighted by atomic mass is 16.3. The number of amides is 1. The van der Waals surface area contributed by atoms with Gasteiger partial charge in [-0.25, -0.2) is 9.97 Å². The standard InChI is InChI=1S/C21H22N4O2/c1-24-13-23-17-10-15(12-22-19(17)24)20(27)25-8-6-21(7-9-25)16-5-3-2-4-14(16)11-18(21)26/h2-5,10,12-13,18,26H,6-9,11H2,1H3/t18-/m1/s1. The van der Waals surface area contributed by atoms with Crippen molar-refractivity contribution in [2.45, 2.75) is 30.8 Å². The van der Waals surface area contributed by atoms with Gasteiger partial charge in [-0.05, 0) is 36.5 Å². The largest absolute Gasteiger partial charge is 0.392 e. The Morgan fingerprint density at radius 1 is 1.22 bits per heavy atom. The summed E-state index contributed by atoms with van der Waals surface area (Å²) in [7, 11) is 1.89. The smallest absolute Gasteiger partial charge is 0.255 e. The zero-order valence-corrected chi connectivity index (χ0v) is 15.3. The number of fused-ring (bicyclic) bond motifs is 3. The van der Waals surface area contributed by atoms with Gasteiger partial charge < -0.3 is 14.6 Å². The predicted molar refractivity (Wildman–Crippen MR) is 101 cm³/mol. The summed E-state index contributed by atoms with van der Waals surface area (Å²) in [6, 6.07) is 10.1. The summed E-state index contributed by atoms with van der Waals surface area (Å²) in [5, 5.41) is 10.8. The van der Waals surface area contributed by atoms with Crippen LogP contribution in [0.1, 0.15) is 34.3 Å². The molecule has 1 amide bonds. The zero-order chi connectivity index (χ0) is 18.6. The maximum Gasteiger partial charge on any atom is 0.255 e. The van der Waals surface area contributed by atoms with E-state index in [1.165, 1.54) is 11.1 Å². The van der Waals surface area contributed by atoms with Gasteiger partial charge in [-0.15, -0.1) is 0 Å². The van der Waals surface area contributed by atoms with Gasteiger partial charge in [-0.2, -0.15) is 0 Å². The molecule has 1 aliphatic carbocycles. The molecule has 1 spiro atoms. The Hall–Kier alpha value is -2.73. The Balaban J connectivity index is 1.37. The van der Waals surface area contributed by atoms with Crippen molar-refractivity contribution >= 4 is 17.1 Å². The normalized spacial score (nSPS) is 21.0. The second-order valence-electron chi connectivity index (χ2n) is 7.75. The number of hydrogen-bond acceptors (Lipinski definition) is 4. The van der Waals surface area contributed by atoms with Gasteiger partial charge >= 0.3 is 0 Å². The molecule has 3 aromatic rings. The van der Waals surface area contributed by atoms with E-state index < -0.39 is 0 Å². The molecule has 0 bridgehead atoms. The number of likely N-dealkylation sites (tertiary alicyclic amines) is 1.